The van der Waals surface area contributed by atoms with E-state index >= 15 is 0 Å². The Hall–Kier alpha value is -3.42. The third-order valence-electron chi connectivity index (χ3n) is 4.87. The number of anilines is 3. The molecule has 144 valence electrons. The number of rotatable bonds is 5. The van der Waals surface area contributed by atoms with Crippen LogP contribution in [0.2, 0.25) is 0 Å². The molecule has 0 aliphatic carbocycles. The monoisotopic (exact) mass is 377 g/mol. The van der Waals surface area contributed by atoms with Gasteiger partial charge in [-0.1, -0.05) is 0 Å². The van der Waals surface area contributed by atoms with Crippen LogP contribution in [0.3, 0.4) is 0 Å². The second-order valence-corrected chi connectivity index (χ2v) is 6.48. The lowest BCUT2D eigenvalue weighted by Crippen LogP contribution is -2.47. The predicted molar refractivity (Wildman–Crippen MR) is 110 cm³/mol. The van der Waals surface area contributed by atoms with Crippen molar-refractivity contribution in [1.29, 1.82) is 0 Å². The number of hydrogen-bond acceptors (Lipinski definition) is 8. The Morgan fingerprint density at radius 3 is 2.04 bits per heavy atom. The van der Waals surface area contributed by atoms with E-state index in [0.717, 1.165) is 60.6 Å². The standard InChI is InChI=1S/C20H23N7O/c1-21-18-12-20(25-14-23-18)27-9-7-26(8-10-27)19-11-17(22-13-24-19)15-3-5-16(28-2)6-4-15/h3-6,11-14H,7-10H2,1-2H3,(H,21,23,25). The van der Waals surface area contributed by atoms with Gasteiger partial charge in [-0.05, 0) is 24.3 Å². The SMILES string of the molecule is CNc1cc(N2CCN(c3cc(-c4ccc(OC)cc4)ncn3)CC2)ncn1. The van der Waals surface area contributed by atoms with Gasteiger partial charge in [-0.2, -0.15) is 0 Å². The molecule has 3 heterocycles. The highest BCUT2D eigenvalue weighted by atomic mass is 16.5. The molecule has 0 unspecified atom stereocenters. The predicted octanol–water partition coefficient (Wildman–Crippen LogP) is 2.31. The van der Waals surface area contributed by atoms with Gasteiger partial charge in [-0.3, -0.25) is 0 Å². The van der Waals surface area contributed by atoms with Crippen LogP contribution in [0.4, 0.5) is 17.5 Å². The van der Waals surface area contributed by atoms with Gasteiger partial charge in [0.05, 0.1) is 12.8 Å². The molecule has 8 heteroatoms. The fourth-order valence-electron chi connectivity index (χ4n) is 3.26. The lowest BCUT2D eigenvalue weighted by atomic mass is 10.1. The van der Waals surface area contributed by atoms with Gasteiger partial charge in [0, 0.05) is 50.9 Å². The summed E-state index contributed by atoms with van der Waals surface area (Å²) in [7, 11) is 3.53. The first kappa shape index (κ1) is 18.0. The maximum Gasteiger partial charge on any atom is 0.134 e. The first-order valence-corrected chi connectivity index (χ1v) is 9.23. The van der Waals surface area contributed by atoms with Crippen LogP contribution in [0, 0.1) is 0 Å². The number of ether oxygens (including phenoxy) is 1. The normalized spacial score (nSPS) is 14.1. The van der Waals surface area contributed by atoms with Crippen molar-refractivity contribution in [2.45, 2.75) is 0 Å². The molecule has 1 aliphatic rings. The largest absolute Gasteiger partial charge is 0.497 e. The summed E-state index contributed by atoms with van der Waals surface area (Å²) in [5.41, 5.74) is 1.95. The van der Waals surface area contributed by atoms with Crippen LogP contribution in [-0.4, -0.2) is 60.3 Å². The van der Waals surface area contributed by atoms with Crippen molar-refractivity contribution in [3.63, 3.8) is 0 Å². The van der Waals surface area contributed by atoms with Crippen LogP contribution < -0.4 is 19.9 Å². The molecule has 1 aromatic carbocycles. The van der Waals surface area contributed by atoms with Crippen molar-refractivity contribution in [3.05, 3.63) is 49.1 Å². The van der Waals surface area contributed by atoms with Gasteiger partial charge >= 0.3 is 0 Å². The van der Waals surface area contributed by atoms with E-state index in [4.69, 9.17) is 4.74 Å². The molecule has 1 N–H and O–H groups in total. The van der Waals surface area contributed by atoms with E-state index in [2.05, 4.69) is 35.1 Å². The van der Waals surface area contributed by atoms with Crippen LogP contribution >= 0.6 is 0 Å². The number of piperazine rings is 1. The molecule has 0 bridgehead atoms. The highest BCUT2D eigenvalue weighted by molar-refractivity contribution is 5.63. The van der Waals surface area contributed by atoms with Crippen molar-refractivity contribution in [2.24, 2.45) is 0 Å². The van der Waals surface area contributed by atoms with E-state index in [1.165, 1.54) is 0 Å². The third kappa shape index (κ3) is 3.80. The Balaban J connectivity index is 1.45. The molecule has 2 aromatic heterocycles. The maximum absolute atomic E-state index is 5.23. The Labute approximate surface area is 164 Å². The molecule has 3 aromatic rings. The zero-order valence-electron chi connectivity index (χ0n) is 16.0. The Bertz CT molecular complexity index is 924. The van der Waals surface area contributed by atoms with Crippen LogP contribution in [0.5, 0.6) is 5.75 Å². The second-order valence-electron chi connectivity index (χ2n) is 6.48. The lowest BCUT2D eigenvalue weighted by Gasteiger charge is -2.36. The molecule has 0 spiro atoms. The van der Waals surface area contributed by atoms with E-state index in [1.54, 1.807) is 19.8 Å². The second kappa shape index (κ2) is 8.08. The molecule has 4 rings (SSSR count). The summed E-state index contributed by atoms with van der Waals surface area (Å²) >= 11 is 0. The number of aromatic nitrogens is 4. The first-order chi connectivity index (χ1) is 13.8. The molecule has 8 nitrogen and oxygen atoms in total. The van der Waals surface area contributed by atoms with Crippen molar-refractivity contribution >= 4 is 17.5 Å². The van der Waals surface area contributed by atoms with Gasteiger partial charge in [0.2, 0.25) is 0 Å². The zero-order chi connectivity index (χ0) is 19.3. The van der Waals surface area contributed by atoms with E-state index < -0.39 is 0 Å². The molecule has 1 aliphatic heterocycles. The van der Waals surface area contributed by atoms with Crippen LogP contribution in [0.15, 0.2) is 49.1 Å². The zero-order valence-corrected chi connectivity index (χ0v) is 16.0. The number of nitrogens with one attached hydrogen (secondary N) is 1. The van der Waals surface area contributed by atoms with Crippen molar-refractivity contribution in [1.82, 2.24) is 19.9 Å². The van der Waals surface area contributed by atoms with Crippen LogP contribution in [-0.2, 0) is 0 Å². The van der Waals surface area contributed by atoms with Gasteiger partial charge in [0.15, 0.2) is 0 Å². The quantitative estimate of drug-likeness (QED) is 0.726. The molecule has 1 fully saturated rings. The number of hydrogen-bond donors (Lipinski definition) is 1. The van der Waals surface area contributed by atoms with Gasteiger partial charge in [-0.15, -0.1) is 0 Å². The molecular weight excluding hydrogens is 354 g/mol. The number of methoxy groups -OCH3 is 1. The first-order valence-electron chi connectivity index (χ1n) is 9.23. The summed E-state index contributed by atoms with van der Waals surface area (Å²) in [6, 6.07) is 11.9. The van der Waals surface area contributed by atoms with Gasteiger partial charge in [0.1, 0.15) is 35.9 Å². The van der Waals surface area contributed by atoms with Crippen molar-refractivity contribution in [3.8, 4) is 17.0 Å². The molecule has 0 saturated carbocycles. The highest BCUT2D eigenvalue weighted by Crippen LogP contribution is 2.24. The highest BCUT2D eigenvalue weighted by Gasteiger charge is 2.20. The molecule has 28 heavy (non-hydrogen) atoms. The number of benzene rings is 1. The summed E-state index contributed by atoms with van der Waals surface area (Å²) in [6.07, 6.45) is 3.23. The van der Waals surface area contributed by atoms with E-state index in [1.807, 2.05) is 43.4 Å². The van der Waals surface area contributed by atoms with Crippen LogP contribution in [0.25, 0.3) is 11.3 Å². The number of nitrogens with zero attached hydrogens (tertiary/aromatic N) is 6. The minimum absolute atomic E-state index is 0.826. The topological polar surface area (TPSA) is 79.3 Å². The van der Waals surface area contributed by atoms with E-state index in [0.29, 0.717) is 0 Å². The summed E-state index contributed by atoms with van der Waals surface area (Å²) in [5, 5.41) is 3.06. The van der Waals surface area contributed by atoms with Crippen LogP contribution in [0.1, 0.15) is 0 Å². The summed E-state index contributed by atoms with van der Waals surface area (Å²) in [5.74, 6) is 3.55. The Morgan fingerprint density at radius 1 is 0.821 bits per heavy atom. The Morgan fingerprint density at radius 2 is 1.43 bits per heavy atom. The minimum atomic E-state index is 0.826. The van der Waals surface area contributed by atoms with Gasteiger partial charge in [-0.25, -0.2) is 19.9 Å². The average molecular weight is 377 g/mol. The Kier molecular flexibility index (Phi) is 5.18. The fraction of sp³-hybridized carbons (Fsp3) is 0.300. The molecule has 0 amide bonds. The summed E-state index contributed by atoms with van der Waals surface area (Å²) < 4.78 is 5.23. The third-order valence-corrected chi connectivity index (χ3v) is 4.87. The van der Waals surface area contributed by atoms with Gasteiger partial charge in [0.25, 0.3) is 0 Å². The smallest absolute Gasteiger partial charge is 0.134 e. The van der Waals surface area contributed by atoms with Crippen molar-refractivity contribution < 1.29 is 4.74 Å². The summed E-state index contributed by atoms with van der Waals surface area (Å²) in [4.78, 5) is 22.0. The lowest BCUT2D eigenvalue weighted by molar-refractivity contribution is 0.415. The van der Waals surface area contributed by atoms with E-state index in [9.17, 15) is 0 Å². The van der Waals surface area contributed by atoms with Crippen molar-refractivity contribution in [2.75, 3.05) is 55.5 Å². The molecular formula is C20H23N7O. The molecule has 0 radical (unpaired) electrons. The molecule has 1 saturated heterocycles. The molecule has 0 atom stereocenters. The maximum atomic E-state index is 5.23. The fourth-order valence-corrected chi connectivity index (χ4v) is 3.26. The van der Waals surface area contributed by atoms with E-state index in [-0.39, 0.29) is 0 Å². The minimum Gasteiger partial charge on any atom is -0.497 e. The average Bonchev–Trinajstić information content (AvgIpc) is 2.79. The van der Waals surface area contributed by atoms with Gasteiger partial charge < -0.3 is 19.9 Å². The summed E-state index contributed by atoms with van der Waals surface area (Å²) in [6.45, 7) is 3.50.